The van der Waals surface area contributed by atoms with Crippen LogP contribution in [0, 0.1) is 0 Å². The van der Waals surface area contributed by atoms with Gasteiger partial charge in [-0.2, -0.15) is 0 Å². The third kappa shape index (κ3) is 9.01. The monoisotopic (exact) mass is 815 g/mol. The number of methoxy groups -OCH3 is 2. The number of amides is 3. The molecule has 7 rings (SSSR count). The fraction of sp³-hybridized carbons (Fsp3) is 0.429. The van der Waals surface area contributed by atoms with Crippen LogP contribution in [0.1, 0.15) is 77.8 Å². The van der Waals surface area contributed by atoms with Gasteiger partial charge >= 0.3 is 12.1 Å². The van der Waals surface area contributed by atoms with Gasteiger partial charge in [-0.1, -0.05) is 12.7 Å². The first-order chi connectivity index (χ1) is 28.6. The molecule has 3 aliphatic rings. The number of furan rings is 1. The molecule has 0 spiro atoms. The summed E-state index contributed by atoms with van der Waals surface area (Å²) in [5.74, 6) is -0.512. The number of aryl methyl sites for hydroxylation is 1. The fourth-order valence-electron chi connectivity index (χ4n) is 7.65. The molecule has 0 aliphatic carbocycles. The summed E-state index contributed by atoms with van der Waals surface area (Å²) in [6, 6.07) is 11.1. The van der Waals surface area contributed by atoms with Gasteiger partial charge in [0.15, 0.2) is 30.2 Å². The van der Waals surface area contributed by atoms with Crippen LogP contribution in [-0.4, -0.2) is 97.6 Å². The van der Waals surface area contributed by atoms with Gasteiger partial charge in [0, 0.05) is 50.0 Å². The molecule has 0 bridgehead atoms. The minimum absolute atomic E-state index is 0.0478. The molecule has 2 fully saturated rings. The van der Waals surface area contributed by atoms with Crippen molar-refractivity contribution >= 4 is 51.9 Å². The second-order valence-corrected chi connectivity index (χ2v) is 14.5. The number of benzene rings is 2. The van der Waals surface area contributed by atoms with E-state index in [1.165, 1.54) is 25.2 Å². The second kappa shape index (κ2) is 18.3. The van der Waals surface area contributed by atoms with E-state index in [0.717, 1.165) is 19.3 Å². The lowest BCUT2D eigenvalue weighted by atomic mass is 10.1. The van der Waals surface area contributed by atoms with E-state index in [9.17, 15) is 24.3 Å². The van der Waals surface area contributed by atoms with E-state index < -0.39 is 36.9 Å². The highest BCUT2D eigenvalue weighted by molar-refractivity contribution is 6.06. The molecule has 4 aromatic rings. The van der Waals surface area contributed by atoms with E-state index in [1.807, 2.05) is 0 Å². The molecule has 2 aromatic heterocycles. The van der Waals surface area contributed by atoms with Crippen LogP contribution in [-0.2, 0) is 30.8 Å². The predicted octanol–water partition coefficient (Wildman–Crippen LogP) is 6.08. The van der Waals surface area contributed by atoms with Crippen LogP contribution < -0.4 is 25.0 Å². The van der Waals surface area contributed by atoms with Crippen molar-refractivity contribution in [3.63, 3.8) is 0 Å². The van der Waals surface area contributed by atoms with E-state index in [2.05, 4.69) is 17.2 Å². The number of fused-ring (bicyclic) bond motifs is 3. The summed E-state index contributed by atoms with van der Waals surface area (Å²) in [6.45, 7) is 4.77. The minimum Gasteiger partial charge on any atom is -0.493 e. The molecule has 3 aliphatic heterocycles. The lowest BCUT2D eigenvalue weighted by Gasteiger charge is -2.38. The van der Waals surface area contributed by atoms with E-state index >= 15 is 0 Å². The number of carbonyl (C=O) groups excluding carboxylic acids is 4. The normalized spacial score (nSPS) is 19.3. The summed E-state index contributed by atoms with van der Waals surface area (Å²) in [7, 11) is 4.48. The number of aromatic nitrogens is 1. The van der Waals surface area contributed by atoms with Crippen molar-refractivity contribution in [2.45, 2.75) is 69.7 Å². The Bertz CT molecular complexity index is 2190. The number of aliphatic hydroxyl groups excluding tert-OH is 1. The van der Waals surface area contributed by atoms with E-state index in [-0.39, 0.29) is 60.0 Å². The quantitative estimate of drug-likeness (QED) is 0.0542. The molecule has 2 saturated heterocycles. The van der Waals surface area contributed by atoms with E-state index in [1.54, 1.807) is 65.2 Å². The van der Waals surface area contributed by atoms with Crippen LogP contribution in [0.2, 0.25) is 0 Å². The largest absolute Gasteiger partial charge is 0.493 e. The lowest BCUT2D eigenvalue weighted by molar-refractivity contribution is -0.195. The Morgan fingerprint density at radius 2 is 1.90 bits per heavy atom. The molecule has 0 radical (unpaired) electrons. The van der Waals surface area contributed by atoms with Crippen LogP contribution >= 0.6 is 0 Å². The topological polar surface area (TPSA) is 192 Å². The third-order valence-electron chi connectivity index (χ3n) is 10.5. The van der Waals surface area contributed by atoms with Crippen molar-refractivity contribution in [3.8, 4) is 11.5 Å². The standard InChI is InChI=1S/C42H49N5O12/c1-5-16-57-42(52)47-30-23-34(33(53-3)22-28(30)39(50)46-15-8-10-29(46)40(47)59-37-12-6-7-17-56-37)55-18-9-11-36(48)43-27-21-31(45(2)24-27)38(49)44-26-13-14-32-25(19-26)20-35(58-32)41(51)54-4/h5,13-14,19-24,29,37-38,40,44,49H,1,6-12,15-18H2,2-4H3,(H,43,48)/t29-,37?,38?,40?/m0/s1. The molecule has 59 heavy (non-hydrogen) atoms. The Kier molecular flexibility index (Phi) is 12.7. The van der Waals surface area contributed by atoms with Crippen molar-refractivity contribution in [2.75, 3.05) is 56.1 Å². The molecule has 3 unspecified atom stereocenters. The van der Waals surface area contributed by atoms with Gasteiger partial charge < -0.3 is 58.0 Å². The molecule has 2 aromatic carbocycles. The van der Waals surface area contributed by atoms with E-state index in [4.69, 9.17) is 32.8 Å². The number of ether oxygens (including phenoxy) is 6. The number of hydrogen-bond donors (Lipinski definition) is 3. The van der Waals surface area contributed by atoms with Crippen LogP contribution in [0.15, 0.2) is 65.7 Å². The Labute approximate surface area is 340 Å². The Balaban J connectivity index is 1.01. The molecule has 4 atom stereocenters. The van der Waals surface area contributed by atoms with Crippen LogP contribution in [0.4, 0.5) is 21.9 Å². The first kappa shape index (κ1) is 41.1. The highest BCUT2D eigenvalue weighted by atomic mass is 16.7. The van der Waals surface area contributed by atoms with Gasteiger partial charge in [-0.3, -0.25) is 9.59 Å². The lowest BCUT2D eigenvalue weighted by Crippen LogP contribution is -2.54. The van der Waals surface area contributed by atoms with Crippen molar-refractivity contribution < 1.29 is 57.1 Å². The molecule has 17 heteroatoms. The van der Waals surface area contributed by atoms with Gasteiger partial charge in [0.05, 0.1) is 49.5 Å². The Morgan fingerprint density at radius 3 is 2.66 bits per heavy atom. The summed E-state index contributed by atoms with van der Waals surface area (Å²) in [4.78, 5) is 55.9. The molecule has 314 valence electrons. The number of nitrogens with zero attached hydrogens (tertiary/aromatic N) is 3. The highest BCUT2D eigenvalue weighted by Crippen LogP contribution is 2.43. The van der Waals surface area contributed by atoms with Gasteiger partial charge in [0.1, 0.15) is 12.2 Å². The third-order valence-corrected chi connectivity index (χ3v) is 10.5. The molecule has 0 saturated carbocycles. The van der Waals surface area contributed by atoms with Crippen LogP contribution in [0.5, 0.6) is 11.5 Å². The second-order valence-electron chi connectivity index (χ2n) is 14.5. The van der Waals surface area contributed by atoms with Gasteiger partial charge in [-0.05, 0) is 74.9 Å². The molecule has 3 amide bonds. The summed E-state index contributed by atoms with van der Waals surface area (Å²) in [6.07, 6.45) is 4.14. The Morgan fingerprint density at radius 1 is 1.05 bits per heavy atom. The van der Waals surface area contributed by atoms with Crippen LogP contribution in [0.3, 0.4) is 0 Å². The average Bonchev–Trinajstić information content (AvgIpc) is 3.98. The number of anilines is 3. The van der Waals surface area contributed by atoms with Crippen molar-refractivity contribution in [2.24, 2.45) is 7.05 Å². The van der Waals surface area contributed by atoms with Gasteiger partial charge in [0.25, 0.3) is 5.91 Å². The first-order valence-corrected chi connectivity index (χ1v) is 19.6. The van der Waals surface area contributed by atoms with Gasteiger partial charge in [0.2, 0.25) is 11.7 Å². The molecular formula is C42H49N5O12. The number of hydrogen-bond acceptors (Lipinski definition) is 13. The number of esters is 1. The summed E-state index contributed by atoms with van der Waals surface area (Å²) < 4.78 is 41.7. The maximum atomic E-state index is 14.1. The maximum Gasteiger partial charge on any atom is 0.416 e. The first-order valence-electron chi connectivity index (χ1n) is 19.6. The molecule has 17 nitrogen and oxygen atoms in total. The Hall–Kier alpha value is -6.04. The SMILES string of the molecule is C=CCOC(=O)N1c2cc(OCCCC(=O)Nc3cc(C(O)Nc4ccc5oc(C(=O)OC)cc5c4)n(C)c3)c(OC)cc2C(=O)N2CCC[C@H]2C1OC1CCCCO1. The zero-order valence-electron chi connectivity index (χ0n) is 33.3. The smallest absolute Gasteiger partial charge is 0.416 e. The van der Waals surface area contributed by atoms with Crippen LogP contribution in [0.25, 0.3) is 11.0 Å². The van der Waals surface area contributed by atoms with Crippen molar-refractivity contribution in [1.29, 1.82) is 0 Å². The maximum absolute atomic E-state index is 14.1. The van der Waals surface area contributed by atoms with E-state index in [0.29, 0.717) is 60.5 Å². The number of carbonyl (C=O) groups is 4. The van der Waals surface area contributed by atoms with Gasteiger partial charge in [-0.15, -0.1) is 0 Å². The highest BCUT2D eigenvalue weighted by Gasteiger charge is 2.48. The molecule has 3 N–H and O–H groups in total. The fourth-order valence-corrected chi connectivity index (χ4v) is 7.65. The van der Waals surface area contributed by atoms with Crippen molar-refractivity contribution in [1.82, 2.24) is 9.47 Å². The molecule has 5 heterocycles. The zero-order valence-corrected chi connectivity index (χ0v) is 33.3. The molecular weight excluding hydrogens is 766 g/mol. The summed E-state index contributed by atoms with van der Waals surface area (Å²) in [5, 5.41) is 17.6. The summed E-state index contributed by atoms with van der Waals surface area (Å²) in [5.41, 5.74) is 2.53. The number of rotatable bonds is 15. The van der Waals surface area contributed by atoms with Gasteiger partial charge in [-0.25, -0.2) is 14.5 Å². The number of nitrogens with one attached hydrogen (secondary N) is 2. The predicted molar refractivity (Wildman–Crippen MR) is 214 cm³/mol. The average molecular weight is 816 g/mol. The minimum atomic E-state index is -1.13. The number of aliphatic hydroxyl groups is 1. The summed E-state index contributed by atoms with van der Waals surface area (Å²) >= 11 is 0. The zero-order chi connectivity index (χ0) is 41.6. The van der Waals surface area contributed by atoms with Crippen molar-refractivity contribution in [3.05, 3.63) is 78.3 Å².